The highest BCUT2D eigenvalue weighted by atomic mass is 16.3. The molecule has 2 atom stereocenters. The maximum Gasteiger partial charge on any atom is 0.0959 e. The van der Waals surface area contributed by atoms with Gasteiger partial charge >= 0.3 is 0 Å². The third kappa shape index (κ3) is 7.39. The van der Waals surface area contributed by atoms with Crippen molar-refractivity contribution in [2.45, 2.75) is 40.2 Å². The van der Waals surface area contributed by atoms with Gasteiger partial charge in [-0.3, -0.25) is 0 Å². The molecular weight excluding hydrogens is 236 g/mol. The van der Waals surface area contributed by atoms with E-state index in [1.54, 1.807) is 0 Å². The van der Waals surface area contributed by atoms with Gasteiger partial charge in [0.1, 0.15) is 0 Å². The summed E-state index contributed by atoms with van der Waals surface area (Å²) < 4.78 is 0. The summed E-state index contributed by atoms with van der Waals surface area (Å²) in [5, 5.41) is 16.0. The molecule has 0 radical (unpaired) electrons. The van der Waals surface area contributed by atoms with Crippen LogP contribution in [0.1, 0.15) is 34.1 Å². The highest BCUT2D eigenvalue weighted by Gasteiger charge is 2.21. The summed E-state index contributed by atoms with van der Waals surface area (Å²) in [4.78, 5) is 0. The molecule has 0 fully saturated rings. The lowest BCUT2D eigenvalue weighted by atomic mass is 9.90. The van der Waals surface area contributed by atoms with Crippen LogP contribution in [0.2, 0.25) is 0 Å². The molecule has 3 N–H and O–H groups in total. The number of aliphatic hydroxyl groups excluding tert-OH is 1. The van der Waals surface area contributed by atoms with Crippen LogP contribution in [0.25, 0.3) is 0 Å². The fraction of sp³-hybridized carbons (Fsp3) is 0.500. The van der Waals surface area contributed by atoms with E-state index in [1.807, 2.05) is 26.0 Å². The van der Waals surface area contributed by atoms with E-state index in [0.29, 0.717) is 11.7 Å². The molecule has 3 heteroatoms. The minimum absolute atomic E-state index is 0.00790. The van der Waals surface area contributed by atoms with Crippen molar-refractivity contribution in [1.29, 1.82) is 0 Å². The molecule has 0 aromatic heterocycles. The SMILES string of the molecule is C=C(/C=C\C)NC(=C)NC(C)[C@@H](CC(C)C)C(=C)O. The molecule has 0 heterocycles. The predicted octanol–water partition coefficient (Wildman–Crippen LogP) is 3.85. The van der Waals surface area contributed by atoms with Crippen molar-refractivity contribution in [2.24, 2.45) is 11.8 Å². The van der Waals surface area contributed by atoms with Crippen molar-refractivity contribution in [1.82, 2.24) is 10.6 Å². The molecule has 19 heavy (non-hydrogen) atoms. The molecule has 0 rings (SSSR count). The minimum Gasteiger partial charge on any atom is -0.513 e. The van der Waals surface area contributed by atoms with E-state index < -0.39 is 0 Å². The van der Waals surface area contributed by atoms with Crippen LogP contribution < -0.4 is 10.6 Å². The van der Waals surface area contributed by atoms with Gasteiger partial charge in [0.15, 0.2) is 0 Å². The summed E-state index contributed by atoms with van der Waals surface area (Å²) in [6.45, 7) is 19.6. The summed E-state index contributed by atoms with van der Waals surface area (Å²) in [7, 11) is 0. The highest BCUT2D eigenvalue weighted by Crippen LogP contribution is 2.21. The molecule has 3 nitrogen and oxygen atoms in total. The van der Waals surface area contributed by atoms with Crippen LogP contribution in [0.3, 0.4) is 0 Å². The fourth-order valence-corrected chi connectivity index (χ4v) is 1.98. The Hall–Kier alpha value is -1.64. The van der Waals surface area contributed by atoms with E-state index in [2.05, 4.69) is 44.2 Å². The number of hydrogen-bond donors (Lipinski definition) is 3. The molecule has 0 saturated carbocycles. The molecule has 0 amide bonds. The first-order valence-electron chi connectivity index (χ1n) is 6.69. The number of nitrogens with one attached hydrogen (secondary N) is 2. The van der Waals surface area contributed by atoms with Gasteiger partial charge in [0, 0.05) is 17.7 Å². The number of aliphatic hydroxyl groups is 1. The zero-order valence-electron chi connectivity index (χ0n) is 12.7. The van der Waals surface area contributed by atoms with Crippen molar-refractivity contribution in [3.05, 3.63) is 49.2 Å². The van der Waals surface area contributed by atoms with Crippen LogP contribution in [-0.2, 0) is 0 Å². The van der Waals surface area contributed by atoms with E-state index in [1.165, 1.54) is 0 Å². The first kappa shape index (κ1) is 17.4. The molecule has 1 unspecified atom stereocenters. The van der Waals surface area contributed by atoms with Crippen molar-refractivity contribution >= 4 is 0 Å². The molecule has 0 spiro atoms. The minimum atomic E-state index is 0.00790. The number of allylic oxidation sites excluding steroid dienone is 2. The van der Waals surface area contributed by atoms with Crippen LogP contribution in [0.15, 0.2) is 49.2 Å². The van der Waals surface area contributed by atoms with E-state index >= 15 is 0 Å². The molecule has 0 aromatic rings. The van der Waals surface area contributed by atoms with Gasteiger partial charge in [-0.05, 0) is 32.3 Å². The Kier molecular flexibility index (Phi) is 7.73. The lowest BCUT2D eigenvalue weighted by Gasteiger charge is -2.27. The van der Waals surface area contributed by atoms with Crippen molar-refractivity contribution in [2.75, 3.05) is 0 Å². The summed E-state index contributed by atoms with van der Waals surface area (Å²) in [5.74, 6) is 1.39. The standard InChI is InChI=1S/C16H28N2O/c1-8-9-12(4)17-15(7)18-13(5)16(14(6)19)10-11(2)3/h8-9,11,13,16-19H,4,6-7,10H2,1-3,5H3/b9-8-/t13?,16-/m1/s1. The second kappa shape index (κ2) is 8.46. The Bertz CT molecular complexity index is 356. The third-order valence-corrected chi connectivity index (χ3v) is 2.84. The van der Waals surface area contributed by atoms with Gasteiger partial charge in [0.25, 0.3) is 0 Å². The maximum atomic E-state index is 9.70. The van der Waals surface area contributed by atoms with Crippen molar-refractivity contribution < 1.29 is 5.11 Å². The van der Waals surface area contributed by atoms with Crippen LogP contribution in [0, 0.1) is 11.8 Å². The first-order valence-corrected chi connectivity index (χ1v) is 6.69. The van der Waals surface area contributed by atoms with Gasteiger partial charge in [0.2, 0.25) is 0 Å². The average molecular weight is 264 g/mol. The van der Waals surface area contributed by atoms with Gasteiger partial charge in [-0.2, -0.15) is 0 Å². The highest BCUT2D eigenvalue weighted by molar-refractivity contribution is 5.16. The van der Waals surface area contributed by atoms with Gasteiger partial charge in [-0.15, -0.1) is 0 Å². The molecule has 108 valence electrons. The molecular formula is C16H28N2O. The zero-order valence-corrected chi connectivity index (χ0v) is 12.7. The predicted molar refractivity (Wildman–Crippen MR) is 83.5 cm³/mol. The van der Waals surface area contributed by atoms with Crippen molar-refractivity contribution in [3.63, 3.8) is 0 Å². The normalized spacial score (nSPS) is 14.2. The smallest absolute Gasteiger partial charge is 0.0959 e. The van der Waals surface area contributed by atoms with Gasteiger partial charge in [-0.25, -0.2) is 0 Å². The molecule has 0 aliphatic carbocycles. The van der Waals surface area contributed by atoms with E-state index in [-0.39, 0.29) is 17.7 Å². The summed E-state index contributed by atoms with van der Waals surface area (Å²) in [6, 6.07) is 0.0540. The lowest BCUT2D eigenvalue weighted by Crippen LogP contribution is -2.38. The molecule has 0 saturated heterocycles. The van der Waals surface area contributed by atoms with Gasteiger partial charge < -0.3 is 15.7 Å². The monoisotopic (exact) mass is 264 g/mol. The fourth-order valence-electron chi connectivity index (χ4n) is 1.98. The van der Waals surface area contributed by atoms with Crippen molar-refractivity contribution in [3.8, 4) is 0 Å². The zero-order chi connectivity index (χ0) is 15.0. The summed E-state index contributed by atoms with van der Waals surface area (Å²) >= 11 is 0. The third-order valence-electron chi connectivity index (χ3n) is 2.84. The lowest BCUT2D eigenvalue weighted by molar-refractivity contribution is 0.261. The van der Waals surface area contributed by atoms with E-state index in [0.717, 1.165) is 12.1 Å². The Morgan fingerprint density at radius 2 is 1.79 bits per heavy atom. The molecule has 0 aliphatic heterocycles. The first-order chi connectivity index (χ1) is 8.77. The second-order valence-corrected chi connectivity index (χ2v) is 5.29. The molecule has 0 aliphatic rings. The topological polar surface area (TPSA) is 44.3 Å². The molecule has 0 bridgehead atoms. The van der Waals surface area contributed by atoms with Gasteiger partial charge in [0.05, 0.1) is 11.6 Å². The van der Waals surface area contributed by atoms with Crippen LogP contribution in [0.5, 0.6) is 0 Å². The van der Waals surface area contributed by atoms with Crippen LogP contribution in [-0.4, -0.2) is 11.1 Å². The Morgan fingerprint density at radius 3 is 2.21 bits per heavy atom. The Labute approximate surface area is 117 Å². The average Bonchev–Trinajstić information content (AvgIpc) is 2.24. The van der Waals surface area contributed by atoms with Crippen LogP contribution in [0.4, 0.5) is 0 Å². The second-order valence-electron chi connectivity index (χ2n) is 5.29. The number of hydrogen-bond acceptors (Lipinski definition) is 3. The molecule has 0 aromatic carbocycles. The van der Waals surface area contributed by atoms with E-state index in [9.17, 15) is 5.11 Å². The summed E-state index contributed by atoms with van der Waals surface area (Å²) in [6.07, 6.45) is 4.66. The maximum absolute atomic E-state index is 9.70. The van der Waals surface area contributed by atoms with E-state index in [4.69, 9.17) is 0 Å². The van der Waals surface area contributed by atoms with Gasteiger partial charge in [-0.1, -0.05) is 39.7 Å². The quantitative estimate of drug-likeness (QED) is 0.438. The Balaban J connectivity index is 4.46. The summed E-state index contributed by atoms with van der Waals surface area (Å²) in [5.41, 5.74) is 0.774. The largest absolute Gasteiger partial charge is 0.513 e. The number of rotatable bonds is 9. The van der Waals surface area contributed by atoms with Crippen LogP contribution >= 0.6 is 0 Å². The Morgan fingerprint density at radius 1 is 1.21 bits per heavy atom.